The van der Waals surface area contributed by atoms with E-state index in [9.17, 15) is 14.4 Å². The van der Waals surface area contributed by atoms with E-state index in [1.54, 1.807) is 24.3 Å². The molecule has 1 aliphatic heterocycles. The quantitative estimate of drug-likeness (QED) is 0.627. The Hall–Kier alpha value is -2.61. The van der Waals surface area contributed by atoms with Gasteiger partial charge >= 0.3 is 6.09 Å². The van der Waals surface area contributed by atoms with Crippen molar-refractivity contribution in [2.45, 2.75) is 65.7 Å². The molecule has 8 nitrogen and oxygen atoms in total. The summed E-state index contributed by atoms with van der Waals surface area (Å²) in [4.78, 5) is 39.0. The number of hydrogen-bond acceptors (Lipinski definition) is 5. The minimum Gasteiger partial charge on any atom is -0.436 e. The van der Waals surface area contributed by atoms with Crippen molar-refractivity contribution in [3.05, 3.63) is 29.8 Å². The molecule has 0 radical (unpaired) electrons. The van der Waals surface area contributed by atoms with E-state index >= 15 is 0 Å². The first kappa shape index (κ1) is 23.7. The molecule has 1 aliphatic rings. The van der Waals surface area contributed by atoms with Gasteiger partial charge in [-0.2, -0.15) is 0 Å². The number of carbonyl (C=O) groups excluding carboxylic acids is 3. The van der Waals surface area contributed by atoms with Gasteiger partial charge in [-0.15, -0.1) is 0 Å². The van der Waals surface area contributed by atoms with Gasteiger partial charge in [0.1, 0.15) is 6.04 Å². The molecule has 0 aromatic heterocycles. The molecule has 1 heterocycles. The molecule has 2 rings (SSSR count). The summed E-state index contributed by atoms with van der Waals surface area (Å²) in [5.41, 5.74) is 6.48. The van der Waals surface area contributed by atoms with Crippen LogP contribution >= 0.6 is 0 Å². The molecule has 3 amide bonds. The van der Waals surface area contributed by atoms with Crippen LogP contribution in [0.15, 0.2) is 24.3 Å². The average molecular weight is 420 g/mol. The number of nitrogens with one attached hydrogen (secondary N) is 1. The van der Waals surface area contributed by atoms with Crippen molar-refractivity contribution in [3.8, 4) is 0 Å². The van der Waals surface area contributed by atoms with Crippen LogP contribution in [0.25, 0.3) is 0 Å². The number of primary amides is 1. The Morgan fingerprint density at radius 1 is 1.27 bits per heavy atom. The first-order chi connectivity index (χ1) is 14.0. The molecule has 1 aromatic carbocycles. The molecular formula is C22H33N3O5. The number of nitrogens with two attached hydrogens (primary N) is 1. The number of aliphatic hydroxyl groups is 1. The highest BCUT2D eigenvalue weighted by molar-refractivity contribution is 5.98. The number of hydrogen-bond donors (Lipinski definition) is 3. The maximum absolute atomic E-state index is 13.2. The first-order valence-electron chi connectivity index (χ1n) is 10.3. The summed E-state index contributed by atoms with van der Waals surface area (Å²) in [6.45, 7) is 8.33. The third-order valence-electron chi connectivity index (χ3n) is 5.18. The summed E-state index contributed by atoms with van der Waals surface area (Å²) >= 11 is 0. The third-order valence-corrected chi connectivity index (χ3v) is 5.18. The average Bonchev–Trinajstić information content (AvgIpc) is 3.14. The van der Waals surface area contributed by atoms with E-state index in [-0.39, 0.29) is 29.8 Å². The van der Waals surface area contributed by atoms with Crippen LogP contribution in [0.1, 0.15) is 52.5 Å². The zero-order chi connectivity index (χ0) is 22.5. The van der Waals surface area contributed by atoms with Crippen molar-refractivity contribution in [1.82, 2.24) is 4.90 Å². The van der Waals surface area contributed by atoms with Crippen molar-refractivity contribution < 1.29 is 24.2 Å². The lowest BCUT2D eigenvalue weighted by atomic mass is 9.82. The smallest absolute Gasteiger partial charge is 0.405 e. The van der Waals surface area contributed by atoms with Crippen LogP contribution in [-0.4, -0.2) is 46.6 Å². The van der Waals surface area contributed by atoms with Gasteiger partial charge in [-0.3, -0.25) is 9.59 Å². The molecule has 8 heteroatoms. The molecule has 30 heavy (non-hydrogen) atoms. The molecule has 0 aliphatic carbocycles. The molecule has 4 N–H and O–H groups in total. The molecule has 0 saturated carbocycles. The van der Waals surface area contributed by atoms with Crippen LogP contribution in [0.3, 0.4) is 0 Å². The Kier molecular flexibility index (Phi) is 7.83. The van der Waals surface area contributed by atoms with Gasteiger partial charge in [0.25, 0.3) is 5.91 Å². The Bertz CT molecular complexity index is 757. The van der Waals surface area contributed by atoms with Crippen LogP contribution in [0, 0.1) is 11.3 Å². The molecule has 0 spiro atoms. The Morgan fingerprint density at radius 3 is 2.43 bits per heavy atom. The van der Waals surface area contributed by atoms with Crippen molar-refractivity contribution in [1.29, 1.82) is 0 Å². The van der Waals surface area contributed by atoms with Crippen molar-refractivity contribution >= 4 is 23.6 Å². The highest BCUT2D eigenvalue weighted by atomic mass is 16.6. The van der Waals surface area contributed by atoms with Crippen LogP contribution in [0.5, 0.6) is 0 Å². The van der Waals surface area contributed by atoms with E-state index in [1.807, 2.05) is 27.7 Å². The van der Waals surface area contributed by atoms with Crippen LogP contribution in [0.4, 0.5) is 10.5 Å². The van der Waals surface area contributed by atoms with Gasteiger partial charge in [-0.05, 0) is 42.4 Å². The minimum atomic E-state index is -1.03. The molecule has 0 bridgehead atoms. The van der Waals surface area contributed by atoms with Crippen LogP contribution < -0.4 is 11.1 Å². The van der Waals surface area contributed by atoms with Crippen LogP contribution in [0.2, 0.25) is 0 Å². The van der Waals surface area contributed by atoms with Crippen molar-refractivity contribution in [2.24, 2.45) is 17.1 Å². The van der Waals surface area contributed by atoms with E-state index in [0.29, 0.717) is 31.5 Å². The van der Waals surface area contributed by atoms with Crippen LogP contribution in [-0.2, 0) is 20.9 Å². The Morgan fingerprint density at radius 2 is 1.90 bits per heavy atom. The number of rotatable bonds is 7. The second kappa shape index (κ2) is 9.93. The van der Waals surface area contributed by atoms with Gasteiger partial charge in [0.15, 0.2) is 6.10 Å². The number of nitrogens with zero attached hydrogens (tertiary/aromatic N) is 1. The monoisotopic (exact) mass is 419 g/mol. The molecular weight excluding hydrogens is 386 g/mol. The largest absolute Gasteiger partial charge is 0.436 e. The van der Waals surface area contributed by atoms with E-state index in [0.717, 1.165) is 5.56 Å². The molecule has 1 aromatic rings. The molecule has 1 fully saturated rings. The highest BCUT2D eigenvalue weighted by Crippen LogP contribution is 2.30. The summed E-state index contributed by atoms with van der Waals surface area (Å²) in [6, 6.07) is 6.20. The lowest BCUT2D eigenvalue weighted by Gasteiger charge is -2.32. The first-order valence-corrected chi connectivity index (χ1v) is 10.3. The number of carbonyl (C=O) groups is 3. The van der Waals surface area contributed by atoms with Crippen molar-refractivity contribution in [2.75, 3.05) is 11.9 Å². The standard InChI is InChI=1S/C22H33N3O5/c1-14(12-22(2,3)4)18(30-21(23)29)20(28)25-11-5-6-17(25)19(27)24-16-9-7-15(13-26)8-10-16/h7-10,14,17-18,26H,5-6,11-13H2,1-4H3,(H2,23,29)(H,24,27)/t14?,17-,18-/m0/s1. The Balaban J connectivity index is 2.14. The number of aliphatic hydroxyl groups excluding tert-OH is 1. The maximum atomic E-state index is 13.2. The summed E-state index contributed by atoms with van der Waals surface area (Å²) in [6.07, 6.45) is -0.163. The second-order valence-electron chi connectivity index (χ2n) is 9.13. The van der Waals surface area contributed by atoms with E-state index < -0.39 is 18.2 Å². The second-order valence-corrected chi connectivity index (χ2v) is 9.13. The normalized spacial score (nSPS) is 18.6. The summed E-state index contributed by atoms with van der Waals surface area (Å²) in [5.74, 6) is -0.932. The molecule has 1 unspecified atom stereocenters. The van der Waals surface area contributed by atoms with E-state index in [4.69, 9.17) is 15.6 Å². The van der Waals surface area contributed by atoms with Gasteiger partial charge in [0.2, 0.25) is 5.91 Å². The number of benzene rings is 1. The third kappa shape index (κ3) is 6.45. The van der Waals surface area contributed by atoms with Gasteiger partial charge in [-0.25, -0.2) is 4.79 Å². The zero-order valence-corrected chi connectivity index (χ0v) is 18.2. The van der Waals surface area contributed by atoms with E-state index in [1.165, 1.54) is 4.90 Å². The van der Waals surface area contributed by atoms with Gasteiger partial charge in [-0.1, -0.05) is 39.8 Å². The Labute approximate surface area is 177 Å². The number of likely N-dealkylation sites (tertiary alicyclic amines) is 1. The van der Waals surface area contributed by atoms with Gasteiger partial charge in [0, 0.05) is 18.2 Å². The predicted molar refractivity (Wildman–Crippen MR) is 113 cm³/mol. The zero-order valence-electron chi connectivity index (χ0n) is 18.2. The van der Waals surface area contributed by atoms with E-state index in [2.05, 4.69) is 5.32 Å². The number of anilines is 1. The SMILES string of the molecule is CC(CC(C)(C)C)[C@H](OC(N)=O)C(=O)N1CCC[C@H]1C(=O)Nc1ccc(CO)cc1. The fourth-order valence-electron chi connectivity index (χ4n) is 3.99. The van der Waals surface area contributed by atoms with Crippen molar-refractivity contribution in [3.63, 3.8) is 0 Å². The highest BCUT2D eigenvalue weighted by Gasteiger charge is 2.41. The molecule has 1 saturated heterocycles. The lowest BCUT2D eigenvalue weighted by Crippen LogP contribution is -2.50. The minimum absolute atomic E-state index is 0.0680. The molecule has 166 valence electrons. The number of ether oxygens (including phenoxy) is 1. The van der Waals surface area contributed by atoms with Gasteiger partial charge < -0.3 is 25.8 Å². The fourth-order valence-corrected chi connectivity index (χ4v) is 3.99. The maximum Gasteiger partial charge on any atom is 0.405 e. The topological polar surface area (TPSA) is 122 Å². The summed E-state index contributed by atoms with van der Waals surface area (Å²) < 4.78 is 5.20. The van der Waals surface area contributed by atoms with Gasteiger partial charge in [0.05, 0.1) is 6.61 Å². The summed E-state index contributed by atoms with van der Waals surface area (Å²) in [7, 11) is 0. The summed E-state index contributed by atoms with van der Waals surface area (Å²) in [5, 5.41) is 12.0. The number of amides is 3. The predicted octanol–water partition coefficient (Wildman–Crippen LogP) is 2.64. The lowest BCUT2D eigenvalue weighted by molar-refractivity contribution is -0.146. The molecule has 3 atom stereocenters. The fraction of sp³-hybridized carbons (Fsp3) is 0.591.